The molecule has 0 amide bonds. The van der Waals surface area contributed by atoms with Gasteiger partial charge in [0.1, 0.15) is 11.3 Å². The lowest BCUT2D eigenvalue weighted by atomic mass is 9.95. The van der Waals surface area contributed by atoms with Crippen molar-refractivity contribution < 1.29 is 4.42 Å². The van der Waals surface area contributed by atoms with Crippen molar-refractivity contribution in [3.05, 3.63) is 35.6 Å². The minimum atomic E-state index is 0.576. The Labute approximate surface area is 115 Å². The van der Waals surface area contributed by atoms with Crippen LogP contribution in [-0.4, -0.2) is 13.1 Å². The van der Waals surface area contributed by atoms with Crippen molar-refractivity contribution in [1.82, 2.24) is 5.32 Å². The molecular weight excluding hydrogens is 234 g/mol. The first-order valence-electron chi connectivity index (χ1n) is 7.44. The van der Waals surface area contributed by atoms with Crippen LogP contribution in [0.3, 0.4) is 0 Å². The van der Waals surface area contributed by atoms with E-state index in [9.17, 15) is 0 Å². The van der Waals surface area contributed by atoms with Gasteiger partial charge >= 0.3 is 0 Å². The molecule has 1 fully saturated rings. The van der Waals surface area contributed by atoms with Gasteiger partial charge in [0.15, 0.2) is 0 Å². The number of fused-ring (bicyclic) bond motifs is 1. The molecule has 2 heteroatoms. The molecule has 1 aromatic carbocycles. The lowest BCUT2D eigenvalue weighted by molar-refractivity contribution is 0.417. The Bertz CT molecular complexity index is 557. The maximum absolute atomic E-state index is 6.16. The summed E-state index contributed by atoms with van der Waals surface area (Å²) in [6.45, 7) is 2.12. The third kappa shape index (κ3) is 2.55. The van der Waals surface area contributed by atoms with Gasteiger partial charge in [-0.15, -0.1) is 0 Å². The summed E-state index contributed by atoms with van der Waals surface area (Å²) in [6.07, 6.45) is 6.42. The molecule has 1 N–H and O–H groups in total. The molecule has 3 rings (SSSR count). The molecule has 0 spiro atoms. The van der Waals surface area contributed by atoms with E-state index in [4.69, 9.17) is 4.42 Å². The van der Waals surface area contributed by atoms with Crippen molar-refractivity contribution in [2.75, 3.05) is 7.05 Å². The highest BCUT2D eigenvalue weighted by molar-refractivity contribution is 5.81. The highest BCUT2D eigenvalue weighted by Gasteiger charge is 2.23. The Hall–Kier alpha value is -1.28. The highest BCUT2D eigenvalue weighted by atomic mass is 16.3. The molecule has 1 aromatic heterocycles. The van der Waals surface area contributed by atoms with Crippen LogP contribution in [0.4, 0.5) is 0 Å². The van der Waals surface area contributed by atoms with E-state index in [1.165, 1.54) is 48.8 Å². The van der Waals surface area contributed by atoms with Crippen LogP contribution in [0, 0.1) is 6.92 Å². The molecule has 1 heterocycles. The van der Waals surface area contributed by atoms with Gasteiger partial charge in [0.2, 0.25) is 0 Å². The summed E-state index contributed by atoms with van der Waals surface area (Å²) in [6, 6.07) is 9.29. The van der Waals surface area contributed by atoms with E-state index in [0.717, 1.165) is 5.58 Å². The highest BCUT2D eigenvalue weighted by Crippen LogP contribution is 2.35. The SMILES string of the molecule is CNC1CCCCC(c2cc3cccc(C)c3o2)C1. The maximum Gasteiger partial charge on any atom is 0.137 e. The van der Waals surface area contributed by atoms with Gasteiger partial charge < -0.3 is 9.73 Å². The summed E-state index contributed by atoms with van der Waals surface area (Å²) < 4.78 is 6.16. The standard InChI is InChI=1S/C17H23NO/c1-12-6-5-8-14-11-16(19-17(12)14)13-7-3-4-9-15(10-13)18-2/h5-6,8,11,13,15,18H,3-4,7,9-10H2,1-2H3. The minimum Gasteiger partial charge on any atom is -0.461 e. The Kier molecular flexibility index (Phi) is 3.61. The molecule has 1 aliphatic rings. The monoisotopic (exact) mass is 257 g/mol. The zero-order valence-corrected chi connectivity index (χ0v) is 11.9. The zero-order chi connectivity index (χ0) is 13.2. The number of benzene rings is 1. The van der Waals surface area contributed by atoms with Gasteiger partial charge in [-0.05, 0) is 44.9 Å². The Morgan fingerprint density at radius 3 is 2.84 bits per heavy atom. The Balaban J connectivity index is 1.92. The lowest BCUT2D eigenvalue weighted by Gasteiger charge is -2.17. The van der Waals surface area contributed by atoms with Crippen molar-refractivity contribution in [3.8, 4) is 0 Å². The topological polar surface area (TPSA) is 25.2 Å². The van der Waals surface area contributed by atoms with Crippen molar-refractivity contribution in [1.29, 1.82) is 0 Å². The first-order valence-corrected chi connectivity index (χ1v) is 7.44. The smallest absolute Gasteiger partial charge is 0.137 e. The molecule has 19 heavy (non-hydrogen) atoms. The van der Waals surface area contributed by atoms with Gasteiger partial charge in [-0.2, -0.15) is 0 Å². The maximum atomic E-state index is 6.16. The van der Waals surface area contributed by atoms with E-state index in [-0.39, 0.29) is 0 Å². The molecule has 0 radical (unpaired) electrons. The number of para-hydroxylation sites is 1. The van der Waals surface area contributed by atoms with Gasteiger partial charge in [0, 0.05) is 17.3 Å². The van der Waals surface area contributed by atoms with E-state index in [1.807, 2.05) is 0 Å². The molecule has 2 aromatic rings. The third-order valence-electron chi connectivity index (χ3n) is 4.49. The molecule has 102 valence electrons. The molecule has 0 saturated heterocycles. The van der Waals surface area contributed by atoms with Crippen LogP contribution in [0.25, 0.3) is 11.0 Å². The Morgan fingerprint density at radius 1 is 1.21 bits per heavy atom. The fraction of sp³-hybridized carbons (Fsp3) is 0.529. The van der Waals surface area contributed by atoms with Gasteiger partial charge in [-0.25, -0.2) is 0 Å². The zero-order valence-electron chi connectivity index (χ0n) is 11.9. The van der Waals surface area contributed by atoms with Gasteiger partial charge in [0.05, 0.1) is 0 Å². The van der Waals surface area contributed by atoms with Crippen molar-refractivity contribution in [2.45, 2.75) is 51.0 Å². The number of furan rings is 1. The summed E-state index contributed by atoms with van der Waals surface area (Å²) >= 11 is 0. The van der Waals surface area contributed by atoms with Crippen LogP contribution in [0.5, 0.6) is 0 Å². The molecule has 0 bridgehead atoms. The summed E-state index contributed by atoms with van der Waals surface area (Å²) in [4.78, 5) is 0. The van der Waals surface area contributed by atoms with Gasteiger partial charge in [0.25, 0.3) is 0 Å². The molecule has 1 saturated carbocycles. The second kappa shape index (κ2) is 5.38. The van der Waals surface area contributed by atoms with Crippen LogP contribution in [0.15, 0.2) is 28.7 Å². The van der Waals surface area contributed by atoms with Crippen LogP contribution in [-0.2, 0) is 0 Å². The average molecular weight is 257 g/mol. The van der Waals surface area contributed by atoms with E-state index in [0.29, 0.717) is 12.0 Å². The number of hydrogen-bond acceptors (Lipinski definition) is 2. The predicted molar refractivity (Wildman–Crippen MR) is 79.6 cm³/mol. The van der Waals surface area contributed by atoms with E-state index in [1.54, 1.807) is 0 Å². The minimum absolute atomic E-state index is 0.576. The third-order valence-corrected chi connectivity index (χ3v) is 4.49. The van der Waals surface area contributed by atoms with Crippen molar-refractivity contribution >= 4 is 11.0 Å². The summed E-state index contributed by atoms with van der Waals surface area (Å²) in [5.74, 6) is 1.76. The lowest BCUT2D eigenvalue weighted by Crippen LogP contribution is -2.25. The molecule has 2 unspecified atom stereocenters. The van der Waals surface area contributed by atoms with E-state index >= 15 is 0 Å². The van der Waals surface area contributed by atoms with E-state index < -0.39 is 0 Å². The normalized spacial score (nSPS) is 24.5. The van der Waals surface area contributed by atoms with Crippen molar-refractivity contribution in [3.63, 3.8) is 0 Å². The second-order valence-electron chi connectivity index (χ2n) is 5.84. The molecule has 2 atom stereocenters. The number of hydrogen-bond donors (Lipinski definition) is 1. The summed E-state index contributed by atoms with van der Waals surface area (Å²) in [5, 5.41) is 4.70. The number of rotatable bonds is 2. The fourth-order valence-corrected chi connectivity index (χ4v) is 3.31. The largest absolute Gasteiger partial charge is 0.461 e. The molecule has 1 aliphatic carbocycles. The predicted octanol–water partition coefficient (Wildman–Crippen LogP) is 4.38. The number of aryl methyl sites for hydroxylation is 1. The second-order valence-corrected chi connectivity index (χ2v) is 5.84. The van der Waals surface area contributed by atoms with Gasteiger partial charge in [-0.1, -0.05) is 31.0 Å². The summed E-state index contributed by atoms with van der Waals surface area (Å²) in [5.41, 5.74) is 2.31. The van der Waals surface area contributed by atoms with E-state index in [2.05, 4.69) is 43.6 Å². The van der Waals surface area contributed by atoms with Crippen molar-refractivity contribution in [2.24, 2.45) is 0 Å². The fourth-order valence-electron chi connectivity index (χ4n) is 3.31. The van der Waals surface area contributed by atoms with Crippen LogP contribution in [0.2, 0.25) is 0 Å². The first-order chi connectivity index (χ1) is 9.28. The first kappa shape index (κ1) is 12.7. The summed E-state index contributed by atoms with van der Waals surface area (Å²) in [7, 11) is 2.08. The molecule has 2 nitrogen and oxygen atoms in total. The molecule has 0 aliphatic heterocycles. The quantitative estimate of drug-likeness (QED) is 0.808. The van der Waals surface area contributed by atoms with Gasteiger partial charge in [-0.3, -0.25) is 0 Å². The molecular formula is C17H23NO. The average Bonchev–Trinajstić information content (AvgIpc) is 2.71. The van der Waals surface area contributed by atoms with Crippen LogP contribution in [0.1, 0.15) is 49.3 Å². The van der Waals surface area contributed by atoms with Crippen LogP contribution < -0.4 is 5.32 Å². The number of nitrogens with one attached hydrogen (secondary N) is 1. The Morgan fingerprint density at radius 2 is 2.05 bits per heavy atom. The van der Waals surface area contributed by atoms with Crippen LogP contribution >= 0.6 is 0 Å².